The maximum absolute atomic E-state index is 9.93. The van der Waals surface area contributed by atoms with Gasteiger partial charge in [-0.15, -0.1) is 0 Å². The fraction of sp³-hybridized carbons (Fsp3) is 0.222. The summed E-state index contributed by atoms with van der Waals surface area (Å²) in [5.41, 5.74) is 3.58. The van der Waals surface area contributed by atoms with Gasteiger partial charge in [0.1, 0.15) is 0 Å². The van der Waals surface area contributed by atoms with Crippen LogP contribution in [0.2, 0.25) is 0 Å². The molecule has 1 aromatic carbocycles. The third-order valence-electron chi connectivity index (χ3n) is 1.50. The Balaban J connectivity index is 2.46. The molecule has 0 saturated heterocycles. The van der Waals surface area contributed by atoms with Crippen molar-refractivity contribution < 1.29 is 4.79 Å². The van der Waals surface area contributed by atoms with E-state index in [0.717, 1.165) is 5.56 Å². The lowest BCUT2D eigenvalue weighted by Crippen LogP contribution is -2.32. The normalized spacial score (nSPS) is 9.83. The van der Waals surface area contributed by atoms with E-state index in [-0.39, 0.29) is 0 Å². The van der Waals surface area contributed by atoms with E-state index in [1.54, 1.807) is 18.5 Å². The Morgan fingerprint density at radius 3 is 2.67 bits per heavy atom. The lowest BCUT2D eigenvalue weighted by Gasteiger charge is -2.13. The van der Waals surface area contributed by atoms with E-state index in [4.69, 9.17) is 0 Å². The Morgan fingerprint density at radius 1 is 1.42 bits per heavy atom. The van der Waals surface area contributed by atoms with Crippen LogP contribution in [0, 0.1) is 0 Å². The standard InChI is InChI=1S/C9H11N2O/c1-11(10-8-12)7-9-5-3-2-4-6-9/h2-6H,7H2,1H3,(H,10,12). The van der Waals surface area contributed by atoms with Crippen LogP contribution in [0.3, 0.4) is 0 Å². The highest BCUT2D eigenvalue weighted by Crippen LogP contribution is 1.99. The van der Waals surface area contributed by atoms with Gasteiger partial charge in [0.2, 0.25) is 0 Å². The highest BCUT2D eigenvalue weighted by atomic mass is 16.1. The number of rotatable bonds is 4. The zero-order valence-corrected chi connectivity index (χ0v) is 6.95. The van der Waals surface area contributed by atoms with Gasteiger partial charge in [-0.3, -0.25) is 10.2 Å². The summed E-state index contributed by atoms with van der Waals surface area (Å²) in [6, 6.07) is 9.90. The smallest absolute Gasteiger partial charge is 0.280 e. The van der Waals surface area contributed by atoms with Gasteiger partial charge < -0.3 is 0 Å². The highest BCUT2D eigenvalue weighted by molar-refractivity contribution is 5.46. The third-order valence-corrected chi connectivity index (χ3v) is 1.50. The van der Waals surface area contributed by atoms with Crippen molar-refractivity contribution in [3.8, 4) is 0 Å². The first-order valence-corrected chi connectivity index (χ1v) is 3.71. The van der Waals surface area contributed by atoms with Crippen LogP contribution in [0.4, 0.5) is 0 Å². The first-order chi connectivity index (χ1) is 5.83. The van der Waals surface area contributed by atoms with Gasteiger partial charge in [-0.05, 0) is 5.56 Å². The molecule has 0 unspecified atom stereocenters. The summed E-state index contributed by atoms with van der Waals surface area (Å²) < 4.78 is 0. The van der Waals surface area contributed by atoms with Crippen LogP contribution in [0.5, 0.6) is 0 Å². The molecule has 1 aromatic rings. The summed E-state index contributed by atoms with van der Waals surface area (Å²) in [6.45, 7) is 0.691. The van der Waals surface area contributed by atoms with Crippen molar-refractivity contribution in [2.24, 2.45) is 0 Å². The molecule has 0 fully saturated rings. The van der Waals surface area contributed by atoms with Crippen LogP contribution in [-0.2, 0) is 11.3 Å². The lowest BCUT2D eigenvalue weighted by atomic mass is 10.2. The molecular weight excluding hydrogens is 152 g/mol. The van der Waals surface area contributed by atoms with E-state index < -0.39 is 0 Å². The monoisotopic (exact) mass is 163 g/mol. The van der Waals surface area contributed by atoms with E-state index in [9.17, 15) is 4.79 Å². The Bertz CT molecular complexity index is 236. The molecule has 0 atom stereocenters. The molecule has 0 heterocycles. The Labute approximate surface area is 72.0 Å². The second-order valence-electron chi connectivity index (χ2n) is 2.56. The van der Waals surface area contributed by atoms with Gasteiger partial charge in [-0.1, -0.05) is 30.3 Å². The molecule has 1 N–H and O–H groups in total. The predicted octanol–water partition coefficient (Wildman–Crippen LogP) is 0.690. The number of hydrazine groups is 1. The van der Waals surface area contributed by atoms with Gasteiger partial charge in [-0.2, -0.15) is 0 Å². The summed E-state index contributed by atoms with van der Waals surface area (Å²) in [6.07, 6.45) is 1.61. The van der Waals surface area contributed by atoms with Crippen molar-refractivity contribution >= 4 is 6.41 Å². The molecule has 0 aliphatic rings. The van der Waals surface area contributed by atoms with Crippen LogP contribution >= 0.6 is 0 Å². The maximum atomic E-state index is 9.93. The predicted molar refractivity (Wildman–Crippen MR) is 46.7 cm³/mol. The van der Waals surface area contributed by atoms with Gasteiger partial charge in [0.25, 0.3) is 0 Å². The molecule has 0 bridgehead atoms. The first kappa shape index (κ1) is 8.74. The highest BCUT2D eigenvalue weighted by Gasteiger charge is 1.96. The number of nitrogens with zero attached hydrogens (tertiary/aromatic N) is 1. The fourth-order valence-electron chi connectivity index (χ4n) is 0.975. The van der Waals surface area contributed by atoms with Crippen molar-refractivity contribution in [2.75, 3.05) is 7.05 Å². The van der Waals surface area contributed by atoms with Crippen LogP contribution in [0.15, 0.2) is 30.3 Å². The second kappa shape index (κ2) is 4.51. The summed E-state index contributed by atoms with van der Waals surface area (Å²) >= 11 is 0. The van der Waals surface area contributed by atoms with Crippen LogP contribution < -0.4 is 5.43 Å². The molecular formula is C9H11N2O. The quantitative estimate of drug-likeness (QED) is 0.523. The van der Waals surface area contributed by atoms with E-state index in [2.05, 4.69) is 5.43 Å². The van der Waals surface area contributed by atoms with Gasteiger partial charge in [-0.25, -0.2) is 5.01 Å². The summed E-state index contributed by atoms with van der Waals surface area (Å²) in [4.78, 5) is 9.93. The summed E-state index contributed by atoms with van der Waals surface area (Å²) in [5.74, 6) is 0. The molecule has 3 nitrogen and oxygen atoms in total. The van der Waals surface area contributed by atoms with Crippen LogP contribution in [-0.4, -0.2) is 18.5 Å². The topological polar surface area (TPSA) is 32.3 Å². The number of amides is 1. The fourth-order valence-corrected chi connectivity index (χ4v) is 0.975. The minimum absolute atomic E-state index is 0.691. The zero-order valence-electron chi connectivity index (χ0n) is 6.95. The maximum Gasteiger partial charge on any atom is 0.324 e. The largest absolute Gasteiger partial charge is 0.324 e. The molecule has 12 heavy (non-hydrogen) atoms. The lowest BCUT2D eigenvalue weighted by molar-refractivity contribution is 0.276. The summed E-state index contributed by atoms with van der Waals surface area (Å²) in [5, 5.41) is 1.67. The molecule has 0 spiro atoms. The van der Waals surface area contributed by atoms with Crippen molar-refractivity contribution in [1.29, 1.82) is 0 Å². The number of hydrogen-bond acceptors (Lipinski definition) is 2. The minimum atomic E-state index is 0.691. The molecule has 0 aliphatic carbocycles. The third kappa shape index (κ3) is 2.72. The number of nitrogens with one attached hydrogen (secondary N) is 1. The molecule has 1 rings (SSSR count). The van der Waals surface area contributed by atoms with Gasteiger partial charge in [0.05, 0.1) is 0 Å². The number of hydrogen-bond donors (Lipinski definition) is 1. The molecule has 1 amide bonds. The van der Waals surface area contributed by atoms with Crippen LogP contribution in [0.1, 0.15) is 5.56 Å². The zero-order chi connectivity index (χ0) is 8.81. The van der Waals surface area contributed by atoms with Gasteiger partial charge in [0, 0.05) is 13.6 Å². The number of benzene rings is 1. The first-order valence-electron chi connectivity index (χ1n) is 3.71. The molecule has 0 aromatic heterocycles. The molecule has 0 saturated carbocycles. The van der Waals surface area contributed by atoms with E-state index in [1.165, 1.54) is 0 Å². The summed E-state index contributed by atoms with van der Waals surface area (Å²) in [7, 11) is 1.79. The molecule has 3 heteroatoms. The van der Waals surface area contributed by atoms with Crippen molar-refractivity contribution in [3.05, 3.63) is 35.9 Å². The van der Waals surface area contributed by atoms with Crippen LogP contribution in [0.25, 0.3) is 0 Å². The number of carbonyl (C=O) groups excluding carboxylic acids is 1. The second-order valence-corrected chi connectivity index (χ2v) is 2.56. The van der Waals surface area contributed by atoms with Crippen molar-refractivity contribution in [2.45, 2.75) is 6.54 Å². The average molecular weight is 163 g/mol. The minimum Gasteiger partial charge on any atom is -0.280 e. The van der Waals surface area contributed by atoms with Crippen molar-refractivity contribution in [1.82, 2.24) is 10.4 Å². The molecule has 0 aliphatic heterocycles. The molecule has 63 valence electrons. The average Bonchev–Trinajstić information content (AvgIpc) is 2.06. The van der Waals surface area contributed by atoms with E-state index >= 15 is 0 Å². The van der Waals surface area contributed by atoms with Gasteiger partial charge in [0.15, 0.2) is 0 Å². The van der Waals surface area contributed by atoms with Crippen molar-refractivity contribution in [3.63, 3.8) is 0 Å². The molecule has 1 radical (unpaired) electrons. The van der Waals surface area contributed by atoms with Gasteiger partial charge >= 0.3 is 6.41 Å². The SMILES string of the molecule is CN(Cc1ccccc1)N[C]=O. The van der Waals surface area contributed by atoms with E-state index in [1.807, 2.05) is 30.3 Å². The Hall–Kier alpha value is -1.35. The Kier molecular flexibility index (Phi) is 3.29. The Morgan fingerprint density at radius 2 is 2.08 bits per heavy atom. The van der Waals surface area contributed by atoms with E-state index in [0.29, 0.717) is 6.54 Å².